The maximum atomic E-state index is 17.8. The summed E-state index contributed by atoms with van der Waals surface area (Å²) >= 11 is 14.6. The number of halogens is 3. The first-order valence-electron chi connectivity index (χ1n) is 28.2. The number of nitrogens with one attached hydrogen (secondary N) is 2. The van der Waals surface area contributed by atoms with Crippen molar-refractivity contribution in [2.24, 2.45) is 10.7 Å². The number of aliphatic imine (C=N–C) groups is 1. The number of piperazine rings is 2. The minimum Gasteiger partial charge on any atom is -0.484 e. The van der Waals surface area contributed by atoms with Crippen LogP contribution in [-0.4, -0.2) is 139 Å². The van der Waals surface area contributed by atoms with Crippen LogP contribution >= 0.6 is 23.2 Å². The number of fused-ring (bicyclic) bond motifs is 12. The van der Waals surface area contributed by atoms with E-state index in [-0.39, 0.29) is 110 Å². The molecule has 4 fully saturated rings. The predicted molar refractivity (Wildman–Crippen MR) is 316 cm³/mol. The molecular weight excluding hydrogens is 1090 g/mol. The number of aromatic amines is 2. The van der Waals surface area contributed by atoms with Crippen molar-refractivity contribution in [3.8, 4) is 33.9 Å². The van der Waals surface area contributed by atoms with E-state index in [0.29, 0.717) is 68.6 Å². The number of H-pyrrole nitrogens is 2. The second-order valence-electron chi connectivity index (χ2n) is 23.0. The van der Waals surface area contributed by atoms with Gasteiger partial charge in [0.2, 0.25) is 17.4 Å². The van der Waals surface area contributed by atoms with E-state index in [0.717, 1.165) is 70.1 Å². The number of ether oxygens (including phenoxy) is 2. The summed E-state index contributed by atoms with van der Waals surface area (Å²) in [6.45, 7) is 13.3. The molecule has 4 N–H and O–H groups in total. The van der Waals surface area contributed by atoms with Crippen molar-refractivity contribution in [1.82, 2.24) is 44.3 Å². The van der Waals surface area contributed by atoms with E-state index in [1.807, 2.05) is 62.9 Å². The van der Waals surface area contributed by atoms with Crippen molar-refractivity contribution in [2.45, 2.75) is 102 Å². The van der Waals surface area contributed by atoms with Crippen LogP contribution in [0.25, 0.3) is 66.1 Å². The lowest BCUT2D eigenvalue weighted by Gasteiger charge is -2.48. The number of carbonyl (C=O) groups is 2. The summed E-state index contributed by atoms with van der Waals surface area (Å²) in [5.41, 5.74) is 14.0. The molecule has 19 nitrogen and oxygen atoms in total. The fourth-order valence-corrected chi connectivity index (χ4v) is 13.9. The molecule has 9 heterocycles. The second-order valence-corrected chi connectivity index (χ2v) is 23.8. The maximum Gasteiger partial charge on any atom is 0.296 e. The first-order chi connectivity index (χ1) is 39.6. The fourth-order valence-electron chi connectivity index (χ4n) is 13.4. The lowest BCUT2D eigenvalue weighted by Crippen LogP contribution is -2.62. The summed E-state index contributed by atoms with van der Waals surface area (Å²) in [6, 6.07) is 10.1. The van der Waals surface area contributed by atoms with Gasteiger partial charge in [-0.15, -0.1) is 0 Å². The number of aryl methyl sites for hydroxylation is 2. The highest BCUT2D eigenvalue weighted by molar-refractivity contribution is 6.35. The number of rotatable bonds is 11. The maximum absolute atomic E-state index is 17.8. The highest BCUT2D eigenvalue weighted by atomic mass is 35.5. The molecule has 82 heavy (non-hydrogen) atoms. The van der Waals surface area contributed by atoms with E-state index in [9.17, 15) is 19.2 Å². The molecule has 8 aromatic rings. The lowest BCUT2D eigenvalue weighted by molar-refractivity contribution is -0.129. The van der Waals surface area contributed by atoms with Gasteiger partial charge in [0.1, 0.15) is 18.9 Å². The van der Waals surface area contributed by atoms with Gasteiger partial charge < -0.3 is 39.4 Å². The molecule has 4 unspecified atom stereocenters. The van der Waals surface area contributed by atoms with Gasteiger partial charge in [-0.3, -0.25) is 38.9 Å². The third-order valence-electron chi connectivity index (χ3n) is 17.7. The van der Waals surface area contributed by atoms with Crippen molar-refractivity contribution < 1.29 is 23.5 Å². The number of hydrogen-bond acceptors (Lipinski definition) is 13. The molecule has 3 aromatic carbocycles. The number of amides is 2. The Bertz CT molecular complexity index is 4240. The number of anilines is 2. The summed E-state index contributed by atoms with van der Waals surface area (Å²) < 4.78 is 33.4. The molecule has 2 amide bonds. The van der Waals surface area contributed by atoms with E-state index in [1.165, 1.54) is 16.9 Å². The highest BCUT2D eigenvalue weighted by Gasteiger charge is 2.43. The largest absolute Gasteiger partial charge is 0.484 e. The Hall–Kier alpha value is -7.81. The van der Waals surface area contributed by atoms with Crippen molar-refractivity contribution in [1.29, 1.82) is 0 Å². The van der Waals surface area contributed by atoms with Crippen LogP contribution in [0.5, 0.6) is 11.5 Å². The fraction of sp³-hybridized carbons (Fsp3) is 0.400. The monoisotopic (exact) mass is 1150 g/mol. The molecule has 6 aliphatic rings. The molecule has 0 spiro atoms. The van der Waals surface area contributed by atoms with Crippen LogP contribution in [0, 0.1) is 19.7 Å². The summed E-state index contributed by atoms with van der Waals surface area (Å²) in [4.78, 5) is 74.4. The van der Waals surface area contributed by atoms with Gasteiger partial charge in [0.15, 0.2) is 5.82 Å². The highest BCUT2D eigenvalue weighted by Crippen LogP contribution is 2.51. The molecule has 22 heteroatoms. The number of carbonyl (C=O) groups excluding carboxylic acids is 2. The van der Waals surface area contributed by atoms with Crippen LogP contribution in [0.15, 0.2) is 63.6 Å². The van der Waals surface area contributed by atoms with Crippen molar-refractivity contribution >= 4 is 96.3 Å². The summed E-state index contributed by atoms with van der Waals surface area (Å²) in [5, 5.41) is 19.0. The van der Waals surface area contributed by atoms with Gasteiger partial charge in [0.05, 0.1) is 68.5 Å². The third kappa shape index (κ3) is 8.13. The minimum absolute atomic E-state index is 0.0312. The van der Waals surface area contributed by atoms with E-state index in [4.69, 9.17) is 43.4 Å². The van der Waals surface area contributed by atoms with Crippen molar-refractivity contribution in [3.63, 3.8) is 0 Å². The lowest BCUT2D eigenvalue weighted by atomic mass is 9.92. The van der Waals surface area contributed by atoms with Crippen LogP contribution < -0.4 is 36.1 Å². The number of nitrogens with zero attached hydrogens (tertiary/aromatic N) is 10. The smallest absolute Gasteiger partial charge is 0.296 e. The molecule has 0 radical (unpaired) electrons. The molecule has 2 saturated heterocycles. The molecule has 2 saturated carbocycles. The molecule has 2 aliphatic carbocycles. The Balaban J connectivity index is 0.781. The SMILES string of the molecule is C=CC(=O)N1CC2COc3c(c4cc(Cl)c(-c5c(C)ccc6n[nH]c(C7CC7)c56)nc4n(CCN=CC(=O)N4CC5COc6c(c7cc(Cl)c(-c8c(C)ccc9n[nH]c(C%10CC%10)c89)c(F)c7n(CCN)c6=O)N5CC4C)c3=O)N2CC1C. The quantitative estimate of drug-likeness (QED) is 0.0826. The number of benzene rings is 3. The first kappa shape index (κ1) is 52.3. The van der Waals surface area contributed by atoms with Crippen LogP contribution in [-0.2, 0) is 22.7 Å². The standard InChI is InChI=1S/C60H60Cl2FN13O6/c1-6-42(77)73-24-34-26-82-57-55(76(34)22-30(73)4)37-20-39(62)52(45-29(3)8-14-41-48(45)51(70-68-41)33-11-12-33)66-58(37)72(60(57)80)18-16-65-21-43(78)74-25-35-27-81-56-54(75(35)23-31(74)5)36-19-38(61)46(49(63)53(36)71(17-15-64)59(56)79)44-28(2)7-13-40-47(44)50(69-67-40)32-9-10-32/h6-8,13-14,19-21,30-35H,1,9-12,15-18,22-27,64H2,2-5H3,(H,67,69)(H,68,70). The van der Waals surface area contributed by atoms with Crippen LogP contribution in [0.4, 0.5) is 15.8 Å². The van der Waals surface area contributed by atoms with Gasteiger partial charge in [0.25, 0.3) is 17.0 Å². The van der Waals surface area contributed by atoms with Crippen LogP contribution in [0.2, 0.25) is 10.0 Å². The number of pyridine rings is 3. The first-order valence-corrected chi connectivity index (χ1v) is 28.9. The van der Waals surface area contributed by atoms with Gasteiger partial charge in [0, 0.05) is 119 Å². The third-order valence-corrected chi connectivity index (χ3v) is 18.3. The van der Waals surface area contributed by atoms with Gasteiger partial charge in [-0.2, -0.15) is 10.2 Å². The Kier molecular flexibility index (Phi) is 12.6. The molecule has 4 aliphatic heterocycles. The second kappa shape index (κ2) is 19.7. The Morgan fingerprint density at radius 1 is 0.756 bits per heavy atom. The number of nitrogens with two attached hydrogens (primary N) is 1. The topological polar surface area (TPSA) is 218 Å². The molecular formula is C60H60Cl2FN13O6. The molecule has 14 rings (SSSR count). The zero-order valence-corrected chi connectivity index (χ0v) is 47.3. The number of aromatic nitrogens is 7. The predicted octanol–water partition coefficient (Wildman–Crippen LogP) is 8.13. The van der Waals surface area contributed by atoms with E-state index < -0.39 is 29.0 Å². The molecule has 5 aromatic heterocycles. The Labute approximate surface area is 479 Å². The van der Waals surface area contributed by atoms with Crippen LogP contribution in [0.3, 0.4) is 0 Å². The van der Waals surface area contributed by atoms with Gasteiger partial charge in [-0.05, 0) is 94.8 Å². The van der Waals surface area contributed by atoms with Crippen LogP contribution in [0.1, 0.15) is 73.9 Å². The Morgan fingerprint density at radius 3 is 1.89 bits per heavy atom. The average molecular weight is 1150 g/mol. The zero-order valence-electron chi connectivity index (χ0n) is 45.8. The van der Waals surface area contributed by atoms with Gasteiger partial charge in [-0.1, -0.05) is 41.9 Å². The normalized spacial score (nSPS) is 20.6. The summed E-state index contributed by atoms with van der Waals surface area (Å²) in [7, 11) is 0. The summed E-state index contributed by atoms with van der Waals surface area (Å²) in [5.74, 6) is -0.305. The van der Waals surface area contributed by atoms with Crippen molar-refractivity contribution in [3.05, 3.63) is 108 Å². The van der Waals surface area contributed by atoms with Gasteiger partial charge >= 0.3 is 0 Å². The number of hydrogen-bond donors (Lipinski definition) is 3. The molecule has 4 atom stereocenters. The Morgan fingerprint density at radius 2 is 1.30 bits per heavy atom. The average Bonchev–Trinajstić information content (AvgIpc) is 4.05. The summed E-state index contributed by atoms with van der Waals surface area (Å²) in [6.07, 6.45) is 6.70. The zero-order chi connectivity index (χ0) is 56.7. The van der Waals surface area contributed by atoms with E-state index in [1.54, 1.807) is 20.4 Å². The molecule has 0 bridgehead atoms. The molecule has 422 valence electrons. The van der Waals surface area contributed by atoms with Crippen molar-refractivity contribution in [2.75, 3.05) is 62.3 Å². The van der Waals surface area contributed by atoms with E-state index >= 15 is 4.39 Å². The van der Waals surface area contributed by atoms with E-state index in [2.05, 4.69) is 36.9 Å². The van der Waals surface area contributed by atoms with Gasteiger partial charge in [-0.25, -0.2) is 9.37 Å². The minimum atomic E-state index is -0.641.